The Labute approximate surface area is 193 Å². The van der Waals surface area contributed by atoms with Gasteiger partial charge in [0.1, 0.15) is 12.7 Å². The van der Waals surface area contributed by atoms with Crippen LogP contribution in [0.2, 0.25) is 0 Å². The van der Waals surface area contributed by atoms with Crippen LogP contribution in [0.3, 0.4) is 0 Å². The summed E-state index contributed by atoms with van der Waals surface area (Å²) in [6.45, 7) is 8.68. The van der Waals surface area contributed by atoms with Crippen molar-refractivity contribution in [3.63, 3.8) is 0 Å². The highest BCUT2D eigenvalue weighted by Gasteiger charge is 2.19. The molecule has 1 heterocycles. The molecule has 7 heteroatoms. The highest BCUT2D eigenvalue weighted by Crippen LogP contribution is 2.28. The van der Waals surface area contributed by atoms with E-state index in [0.717, 1.165) is 11.1 Å². The number of rotatable bonds is 9. The van der Waals surface area contributed by atoms with E-state index in [0.29, 0.717) is 18.1 Å². The van der Waals surface area contributed by atoms with Gasteiger partial charge in [-0.3, -0.25) is 9.74 Å². The van der Waals surface area contributed by atoms with Gasteiger partial charge in [0.2, 0.25) is 5.88 Å². The fourth-order valence-electron chi connectivity index (χ4n) is 3.41. The molecule has 0 aliphatic rings. The Morgan fingerprint density at radius 2 is 1.76 bits per heavy atom. The summed E-state index contributed by atoms with van der Waals surface area (Å²) in [6.07, 6.45) is -0.0407. The van der Waals surface area contributed by atoms with Gasteiger partial charge in [0.15, 0.2) is 0 Å². The van der Waals surface area contributed by atoms with Crippen LogP contribution < -0.4 is 4.74 Å². The van der Waals surface area contributed by atoms with Gasteiger partial charge in [-0.05, 0) is 53.8 Å². The summed E-state index contributed by atoms with van der Waals surface area (Å²) in [5.74, 6) is -0.782. The molecule has 0 radical (unpaired) electrons. The van der Waals surface area contributed by atoms with Gasteiger partial charge in [-0.25, -0.2) is 9.78 Å². The van der Waals surface area contributed by atoms with Gasteiger partial charge >= 0.3 is 5.97 Å². The molecular formula is C26H28FNO5. The van der Waals surface area contributed by atoms with E-state index in [-0.39, 0.29) is 6.47 Å². The van der Waals surface area contributed by atoms with E-state index in [1.807, 2.05) is 32.0 Å². The summed E-state index contributed by atoms with van der Waals surface area (Å²) >= 11 is 0. The zero-order valence-corrected chi connectivity index (χ0v) is 19.2. The number of carbonyl (C=O) groups excluding carboxylic acids is 2. The van der Waals surface area contributed by atoms with Gasteiger partial charge in [0, 0.05) is 22.4 Å². The average molecular weight is 454 g/mol. The zero-order valence-electron chi connectivity index (χ0n) is 19.2. The maximum absolute atomic E-state index is 12.0. The Hall–Kier alpha value is -3.74. The van der Waals surface area contributed by atoms with E-state index in [1.54, 1.807) is 12.1 Å². The van der Waals surface area contributed by atoms with Gasteiger partial charge in [-0.1, -0.05) is 50.2 Å². The summed E-state index contributed by atoms with van der Waals surface area (Å²) in [5.41, 5.74) is 6.15. The van der Waals surface area contributed by atoms with Crippen molar-refractivity contribution in [2.75, 3.05) is 0 Å². The molecule has 0 fully saturated rings. The molecule has 0 amide bonds. The van der Waals surface area contributed by atoms with Crippen LogP contribution in [0.4, 0.5) is 4.53 Å². The Morgan fingerprint density at radius 3 is 2.36 bits per heavy atom. The van der Waals surface area contributed by atoms with Crippen molar-refractivity contribution in [2.24, 2.45) is 0 Å². The molecule has 0 aliphatic heterocycles. The van der Waals surface area contributed by atoms with E-state index >= 15 is 0 Å². The minimum Gasteiger partial charge on any atom is -0.473 e. The highest BCUT2D eigenvalue weighted by molar-refractivity contribution is 5.71. The van der Waals surface area contributed by atoms with Gasteiger partial charge in [0.25, 0.3) is 6.47 Å². The number of aromatic nitrogens is 1. The lowest BCUT2D eigenvalue weighted by atomic mass is 9.95. The molecule has 0 N–H and O–H groups in total. The first-order valence-corrected chi connectivity index (χ1v) is 10.7. The molecule has 0 bridgehead atoms. The topological polar surface area (TPSA) is 74.7 Å². The van der Waals surface area contributed by atoms with Crippen LogP contribution in [-0.4, -0.2) is 17.4 Å². The number of carbonyl (C=O) groups is 2. The molecule has 1 atom stereocenters. The van der Waals surface area contributed by atoms with Crippen molar-refractivity contribution in [2.45, 2.75) is 46.8 Å². The third-order valence-corrected chi connectivity index (χ3v) is 4.87. The Kier molecular flexibility index (Phi) is 10.0. The first-order valence-electron chi connectivity index (χ1n) is 10.7. The molecule has 2 aromatic carbocycles. The molecule has 1 unspecified atom stereocenters. The normalized spacial score (nSPS) is 10.9. The molecule has 0 aliphatic carbocycles. The Balaban J connectivity index is 0.00000187. The quantitative estimate of drug-likeness (QED) is 0.370. The lowest BCUT2D eigenvalue weighted by Gasteiger charge is -2.14. The minimum absolute atomic E-state index is 0.184. The molecule has 3 rings (SSSR count). The first kappa shape index (κ1) is 25.5. The van der Waals surface area contributed by atoms with Crippen molar-refractivity contribution < 1.29 is 28.5 Å². The second kappa shape index (κ2) is 13.0. The van der Waals surface area contributed by atoms with Gasteiger partial charge in [-0.2, -0.15) is 0 Å². The second-order valence-electron chi connectivity index (χ2n) is 7.06. The SMILES string of the molecule is CC.Cc1cccc(C)c1-c1cccc(COc2ccc(C(CC(=O)OF)OC=O)cn2)c1. The van der Waals surface area contributed by atoms with Gasteiger partial charge < -0.3 is 9.47 Å². The van der Waals surface area contributed by atoms with Crippen molar-refractivity contribution in [3.8, 4) is 17.0 Å². The molecule has 0 spiro atoms. The maximum atomic E-state index is 12.0. The van der Waals surface area contributed by atoms with Crippen LogP contribution in [0.5, 0.6) is 5.88 Å². The summed E-state index contributed by atoms with van der Waals surface area (Å²) in [7, 11) is 0. The Morgan fingerprint density at radius 1 is 1.06 bits per heavy atom. The van der Waals surface area contributed by atoms with Crippen LogP contribution in [0.25, 0.3) is 11.1 Å². The molecule has 6 nitrogen and oxygen atoms in total. The summed E-state index contributed by atoms with van der Waals surface area (Å²) in [5, 5.41) is 0. The number of nitrogens with zero attached hydrogens (tertiary/aromatic N) is 1. The van der Waals surface area contributed by atoms with Crippen molar-refractivity contribution in [1.82, 2.24) is 4.98 Å². The van der Waals surface area contributed by atoms with Gasteiger partial charge in [0.05, 0.1) is 6.42 Å². The Bertz CT molecular complexity index is 1030. The summed E-state index contributed by atoms with van der Waals surface area (Å²) in [4.78, 5) is 29.1. The number of hydrogen-bond donors (Lipinski definition) is 0. The van der Waals surface area contributed by atoms with E-state index in [1.165, 1.54) is 22.9 Å². The number of halogens is 1. The molecule has 3 aromatic rings. The third kappa shape index (κ3) is 7.14. The lowest BCUT2D eigenvalue weighted by Crippen LogP contribution is -2.11. The van der Waals surface area contributed by atoms with Crippen LogP contribution in [-0.2, 0) is 25.9 Å². The van der Waals surface area contributed by atoms with E-state index in [9.17, 15) is 14.1 Å². The number of pyridine rings is 1. The predicted octanol–water partition coefficient (Wildman–Crippen LogP) is 6.00. The third-order valence-electron chi connectivity index (χ3n) is 4.87. The van der Waals surface area contributed by atoms with E-state index < -0.39 is 18.5 Å². The maximum Gasteiger partial charge on any atom is 0.352 e. The number of hydrogen-bond acceptors (Lipinski definition) is 6. The van der Waals surface area contributed by atoms with Crippen LogP contribution >= 0.6 is 0 Å². The minimum atomic E-state index is -1.14. The van der Waals surface area contributed by atoms with Crippen molar-refractivity contribution in [1.29, 1.82) is 0 Å². The van der Waals surface area contributed by atoms with Crippen molar-refractivity contribution in [3.05, 3.63) is 83.0 Å². The molecular weight excluding hydrogens is 425 g/mol. The zero-order chi connectivity index (χ0) is 24.2. The molecule has 33 heavy (non-hydrogen) atoms. The molecule has 0 saturated heterocycles. The van der Waals surface area contributed by atoms with Crippen molar-refractivity contribution >= 4 is 12.4 Å². The molecule has 174 valence electrons. The number of ether oxygens (including phenoxy) is 2. The fourth-order valence-corrected chi connectivity index (χ4v) is 3.41. The molecule has 0 saturated carbocycles. The van der Waals surface area contributed by atoms with Crippen LogP contribution in [0.1, 0.15) is 48.6 Å². The van der Waals surface area contributed by atoms with E-state index in [4.69, 9.17) is 9.47 Å². The van der Waals surface area contributed by atoms with E-state index in [2.05, 4.69) is 48.0 Å². The smallest absolute Gasteiger partial charge is 0.352 e. The largest absolute Gasteiger partial charge is 0.473 e. The second-order valence-corrected chi connectivity index (χ2v) is 7.06. The fraction of sp³-hybridized carbons (Fsp3) is 0.269. The summed E-state index contributed by atoms with van der Waals surface area (Å²) in [6, 6.07) is 17.5. The van der Waals surface area contributed by atoms with Crippen LogP contribution in [0.15, 0.2) is 60.8 Å². The highest BCUT2D eigenvalue weighted by atomic mass is 19.3. The van der Waals surface area contributed by atoms with Crippen LogP contribution in [0, 0.1) is 13.8 Å². The first-order chi connectivity index (χ1) is 16.0. The monoisotopic (exact) mass is 453 g/mol. The molecule has 1 aromatic heterocycles. The lowest BCUT2D eigenvalue weighted by molar-refractivity contribution is -0.186. The van der Waals surface area contributed by atoms with Gasteiger partial charge in [-0.15, -0.1) is 0 Å². The summed E-state index contributed by atoms with van der Waals surface area (Å²) < 4.78 is 22.6. The predicted molar refractivity (Wildman–Crippen MR) is 123 cm³/mol. The number of aryl methyl sites for hydroxylation is 2. The average Bonchev–Trinajstić information content (AvgIpc) is 2.84. The standard InChI is InChI=1S/C24H22FNO5.C2H6/c1-16-5-3-6-17(2)24(16)19-8-4-7-18(11-19)14-29-22-10-9-20(13-26-22)21(30-15-27)12-23(28)31-25;1-2/h3-11,13,15,21H,12,14H2,1-2H3;1-2H3. The number of benzene rings is 2.